The topological polar surface area (TPSA) is 61.4 Å². The molecule has 0 radical (unpaired) electrons. The van der Waals surface area contributed by atoms with Crippen LogP contribution in [0, 0.1) is 5.41 Å². The Bertz CT molecular complexity index is 291. The quantitative estimate of drug-likeness (QED) is 0.724. The Hall–Kier alpha value is -1.26. The van der Waals surface area contributed by atoms with E-state index in [2.05, 4.69) is 10.6 Å². The highest BCUT2D eigenvalue weighted by molar-refractivity contribution is 5.84. The van der Waals surface area contributed by atoms with Crippen molar-refractivity contribution in [3.05, 3.63) is 0 Å². The molecule has 1 unspecified atom stereocenters. The van der Waals surface area contributed by atoms with Crippen LogP contribution < -0.4 is 10.6 Å². The molecule has 0 aromatic carbocycles. The Morgan fingerprint density at radius 3 is 2.50 bits per heavy atom. The van der Waals surface area contributed by atoms with Crippen molar-refractivity contribution in [3.63, 3.8) is 0 Å². The molecule has 16 heavy (non-hydrogen) atoms. The fourth-order valence-corrected chi connectivity index (χ4v) is 1.96. The zero-order valence-corrected chi connectivity index (χ0v) is 10.5. The van der Waals surface area contributed by atoms with Gasteiger partial charge in [0, 0.05) is 26.2 Å². The lowest BCUT2D eigenvalue weighted by molar-refractivity contribution is -0.128. The third-order valence-electron chi connectivity index (χ3n) is 2.95. The molecule has 0 aromatic rings. The largest absolute Gasteiger partial charge is 0.359 e. The summed E-state index contributed by atoms with van der Waals surface area (Å²) in [5, 5.41) is 5.49. The molecule has 1 fully saturated rings. The predicted molar refractivity (Wildman–Crippen MR) is 62.0 cm³/mol. The van der Waals surface area contributed by atoms with Crippen molar-refractivity contribution < 1.29 is 9.59 Å². The summed E-state index contributed by atoms with van der Waals surface area (Å²) in [5.74, 6) is 0.00680. The first-order chi connectivity index (χ1) is 7.39. The fraction of sp³-hybridized carbons (Fsp3) is 0.818. The van der Waals surface area contributed by atoms with Gasteiger partial charge in [0.15, 0.2) is 0 Å². The second-order valence-corrected chi connectivity index (χ2v) is 4.92. The second-order valence-electron chi connectivity index (χ2n) is 4.92. The Balaban J connectivity index is 2.58. The first-order valence-corrected chi connectivity index (χ1v) is 5.66. The summed E-state index contributed by atoms with van der Waals surface area (Å²) in [6, 6.07) is 0.0435. The normalized spacial score (nSPS) is 24.7. The van der Waals surface area contributed by atoms with Crippen LogP contribution in [0.25, 0.3) is 0 Å². The van der Waals surface area contributed by atoms with E-state index >= 15 is 0 Å². The SMILES string of the molecule is CNC(=O)C1(C)CCN(C(=O)NC(C)C)C1. The molecular formula is C11H21N3O2. The van der Waals surface area contributed by atoms with Crippen LogP contribution >= 0.6 is 0 Å². The number of carbonyl (C=O) groups excluding carboxylic acids is 2. The first-order valence-electron chi connectivity index (χ1n) is 5.66. The van der Waals surface area contributed by atoms with Gasteiger partial charge in [0.1, 0.15) is 0 Å². The molecule has 0 spiro atoms. The molecule has 0 bridgehead atoms. The van der Waals surface area contributed by atoms with E-state index in [4.69, 9.17) is 0 Å². The molecule has 5 heteroatoms. The third kappa shape index (κ3) is 2.65. The minimum Gasteiger partial charge on any atom is -0.359 e. The number of nitrogens with one attached hydrogen (secondary N) is 2. The highest BCUT2D eigenvalue weighted by Crippen LogP contribution is 2.29. The molecule has 3 amide bonds. The van der Waals surface area contributed by atoms with E-state index in [9.17, 15) is 9.59 Å². The maximum Gasteiger partial charge on any atom is 0.317 e. The number of hydrogen-bond acceptors (Lipinski definition) is 2. The van der Waals surface area contributed by atoms with E-state index in [1.165, 1.54) is 0 Å². The van der Waals surface area contributed by atoms with Gasteiger partial charge in [-0.2, -0.15) is 0 Å². The molecule has 1 rings (SSSR count). The predicted octanol–water partition coefficient (Wildman–Crippen LogP) is 0.562. The minimum atomic E-state index is -0.441. The summed E-state index contributed by atoms with van der Waals surface area (Å²) in [4.78, 5) is 25.1. The molecule has 1 aliphatic heterocycles. The van der Waals surface area contributed by atoms with Crippen LogP contribution in [-0.2, 0) is 4.79 Å². The maximum absolute atomic E-state index is 11.7. The summed E-state index contributed by atoms with van der Waals surface area (Å²) >= 11 is 0. The van der Waals surface area contributed by atoms with Crippen molar-refractivity contribution in [3.8, 4) is 0 Å². The Morgan fingerprint density at radius 1 is 1.38 bits per heavy atom. The van der Waals surface area contributed by atoms with E-state index in [0.29, 0.717) is 13.1 Å². The first kappa shape index (κ1) is 12.8. The van der Waals surface area contributed by atoms with Gasteiger partial charge in [0.25, 0.3) is 0 Å². The molecule has 1 aliphatic rings. The molecule has 0 aliphatic carbocycles. The second kappa shape index (κ2) is 4.72. The van der Waals surface area contributed by atoms with Crippen molar-refractivity contribution in [2.24, 2.45) is 5.41 Å². The Labute approximate surface area is 96.6 Å². The number of urea groups is 1. The van der Waals surface area contributed by atoms with Crippen LogP contribution in [0.4, 0.5) is 4.79 Å². The number of carbonyl (C=O) groups is 2. The molecule has 5 nitrogen and oxygen atoms in total. The molecule has 0 aromatic heterocycles. The van der Waals surface area contributed by atoms with Crippen molar-refractivity contribution >= 4 is 11.9 Å². The van der Waals surface area contributed by atoms with E-state index < -0.39 is 5.41 Å². The Kier molecular flexibility index (Phi) is 3.78. The zero-order valence-electron chi connectivity index (χ0n) is 10.5. The molecule has 1 atom stereocenters. The van der Waals surface area contributed by atoms with Crippen LogP contribution in [-0.4, -0.2) is 43.0 Å². The third-order valence-corrected chi connectivity index (χ3v) is 2.95. The standard InChI is InChI=1S/C11H21N3O2/c1-8(2)13-10(16)14-6-5-11(3,7-14)9(15)12-4/h8H,5-7H2,1-4H3,(H,12,15)(H,13,16). The van der Waals surface area contributed by atoms with Crippen LogP contribution in [0.5, 0.6) is 0 Å². The number of nitrogens with zero attached hydrogens (tertiary/aromatic N) is 1. The van der Waals surface area contributed by atoms with Gasteiger partial charge in [-0.1, -0.05) is 0 Å². The van der Waals surface area contributed by atoms with Crippen molar-refractivity contribution in [1.82, 2.24) is 15.5 Å². The summed E-state index contributed by atoms with van der Waals surface area (Å²) in [6.45, 7) is 6.88. The van der Waals surface area contributed by atoms with E-state index in [1.54, 1.807) is 11.9 Å². The van der Waals surface area contributed by atoms with Gasteiger partial charge in [0.2, 0.25) is 5.91 Å². The lowest BCUT2D eigenvalue weighted by Gasteiger charge is -2.23. The highest BCUT2D eigenvalue weighted by atomic mass is 16.2. The van der Waals surface area contributed by atoms with E-state index in [1.807, 2.05) is 20.8 Å². The van der Waals surface area contributed by atoms with Gasteiger partial charge in [-0.05, 0) is 27.2 Å². The summed E-state index contributed by atoms with van der Waals surface area (Å²) < 4.78 is 0. The fourth-order valence-electron chi connectivity index (χ4n) is 1.96. The van der Waals surface area contributed by atoms with E-state index in [0.717, 1.165) is 6.42 Å². The van der Waals surface area contributed by atoms with Gasteiger partial charge in [-0.15, -0.1) is 0 Å². The molecule has 1 heterocycles. The van der Waals surface area contributed by atoms with Crippen molar-refractivity contribution in [1.29, 1.82) is 0 Å². The van der Waals surface area contributed by atoms with Crippen molar-refractivity contribution in [2.75, 3.05) is 20.1 Å². The number of amides is 3. The van der Waals surface area contributed by atoms with Gasteiger partial charge in [-0.3, -0.25) is 4.79 Å². The van der Waals surface area contributed by atoms with Crippen molar-refractivity contribution in [2.45, 2.75) is 33.2 Å². The minimum absolute atomic E-state index is 0.00680. The summed E-state index contributed by atoms with van der Waals surface area (Å²) in [5.41, 5.74) is -0.441. The average Bonchev–Trinajstić information content (AvgIpc) is 2.60. The summed E-state index contributed by atoms with van der Waals surface area (Å²) in [7, 11) is 1.63. The highest BCUT2D eigenvalue weighted by Gasteiger charge is 2.41. The Morgan fingerprint density at radius 2 is 2.00 bits per heavy atom. The van der Waals surface area contributed by atoms with Gasteiger partial charge in [0.05, 0.1) is 5.41 Å². The van der Waals surface area contributed by atoms with Gasteiger partial charge in [-0.25, -0.2) is 4.79 Å². The monoisotopic (exact) mass is 227 g/mol. The average molecular weight is 227 g/mol. The smallest absolute Gasteiger partial charge is 0.317 e. The molecule has 2 N–H and O–H groups in total. The van der Waals surface area contributed by atoms with Gasteiger partial charge < -0.3 is 15.5 Å². The lowest BCUT2D eigenvalue weighted by Crippen LogP contribution is -2.45. The maximum atomic E-state index is 11.7. The number of hydrogen-bond donors (Lipinski definition) is 2. The van der Waals surface area contributed by atoms with Crippen LogP contribution in [0.15, 0.2) is 0 Å². The number of rotatable bonds is 2. The summed E-state index contributed by atoms with van der Waals surface area (Å²) in [6.07, 6.45) is 0.720. The van der Waals surface area contributed by atoms with Gasteiger partial charge >= 0.3 is 6.03 Å². The molecule has 92 valence electrons. The molecular weight excluding hydrogens is 206 g/mol. The number of likely N-dealkylation sites (tertiary alicyclic amines) is 1. The zero-order chi connectivity index (χ0) is 12.3. The lowest BCUT2D eigenvalue weighted by atomic mass is 9.89. The van der Waals surface area contributed by atoms with Crippen LogP contribution in [0.3, 0.4) is 0 Å². The van der Waals surface area contributed by atoms with Crippen LogP contribution in [0.1, 0.15) is 27.2 Å². The van der Waals surface area contributed by atoms with E-state index in [-0.39, 0.29) is 18.0 Å². The molecule has 0 saturated carbocycles. The van der Waals surface area contributed by atoms with Crippen LogP contribution in [0.2, 0.25) is 0 Å². The molecule has 1 saturated heterocycles.